The lowest BCUT2D eigenvalue weighted by Gasteiger charge is -2.30. The van der Waals surface area contributed by atoms with Gasteiger partial charge in [-0.25, -0.2) is 0 Å². The summed E-state index contributed by atoms with van der Waals surface area (Å²) in [5.74, 6) is -0.605. The summed E-state index contributed by atoms with van der Waals surface area (Å²) in [5, 5.41) is 11.0. The number of ketones is 1. The summed E-state index contributed by atoms with van der Waals surface area (Å²) in [4.78, 5) is 27.7. The fraction of sp³-hybridized carbons (Fsp3) is 0.304. The van der Waals surface area contributed by atoms with Gasteiger partial charge in [-0.05, 0) is 42.7 Å². The zero-order valence-electron chi connectivity index (χ0n) is 16.1. The first-order valence-electron chi connectivity index (χ1n) is 9.71. The molecule has 0 bridgehead atoms. The van der Waals surface area contributed by atoms with Crippen molar-refractivity contribution in [1.82, 2.24) is 4.90 Å². The smallest absolute Gasteiger partial charge is 0.295 e. The number of likely N-dealkylation sites (tertiary alicyclic amines) is 1. The van der Waals surface area contributed by atoms with Crippen LogP contribution in [0.2, 0.25) is 0 Å². The van der Waals surface area contributed by atoms with E-state index in [9.17, 15) is 14.7 Å². The van der Waals surface area contributed by atoms with Gasteiger partial charge >= 0.3 is 0 Å². The maximum absolute atomic E-state index is 13.0. The van der Waals surface area contributed by atoms with E-state index < -0.39 is 17.7 Å². The molecule has 2 fully saturated rings. The number of Topliss-reactive ketones (excluding diaryl/α,β-unsaturated/α-hetero) is 1. The van der Waals surface area contributed by atoms with E-state index >= 15 is 0 Å². The van der Waals surface area contributed by atoms with Crippen molar-refractivity contribution in [2.24, 2.45) is 0 Å². The number of carbonyl (C=O) groups excluding carboxylic acids is 2. The van der Waals surface area contributed by atoms with Gasteiger partial charge in [-0.3, -0.25) is 9.59 Å². The number of hydrogen-bond acceptors (Lipinski definition) is 4. The van der Waals surface area contributed by atoms with Crippen LogP contribution >= 0.6 is 15.9 Å². The minimum absolute atomic E-state index is 0.00812. The molecule has 2 aromatic carbocycles. The maximum Gasteiger partial charge on any atom is 0.295 e. The van der Waals surface area contributed by atoms with Crippen molar-refractivity contribution in [2.75, 3.05) is 7.11 Å². The fourth-order valence-corrected chi connectivity index (χ4v) is 4.55. The van der Waals surface area contributed by atoms with Gasteiger partial charge in [0.1, 0.15) is 11.5 Å². The highest BCUT2D eigenvalue weighted by Gasteiger charge is 2.49. The Morgan fingerprint density at radius 1 is 1.03 bits per heavy atom. The van der Waals surface area contributed by atoms with E-state index in [2.05, 4.69) is 15.9 Å². The molecule has 6 heteroatoms. The molecular weight excluding hydrogens is 434 g/mol. The molecule has 1 saturated heterocycles. The van der Waals surface area contributed by atoms with Crippen LogP contribution < -0.4 is 4.74 Å². The summed E-state index contributed by atoms with van der Waals surface area (Å²) in [6.07, 6.45) is 3.82. The molecule has 2 aromatic rings. The molecule has 29 heavy (non-hydrogen) atoms. The molecule has 1 unspecified atom stereocenters. The molecule has 150 valence electrons. The van der Waals surface area contributed by atoms with Gasteiger partial charge in [-0.2, -0.15) is 0 Å². The molecule has 1 amide bonds. The topological polar surface area (TPSA) is 66.8 Å². The molecule has 0 aromatic heterocycles. The standard InChI is InChI=1S/C23H22BrNO4/c1-29-18-12-8-14(9-13-18)20-19(21(26)15-6-10-16(24)11-7-15)22(27)23(28)25(20)17-4-2-3-5-17/h6-13,17,20,26H,2-5H2,1H3/b21-19-. The molecule has 1 heterocycles. The Balaban J connectivity index is 1.86. The van der Waals surface area contributed by atoms with Gasteiger partial charge < -0.3 is 14.7 Å². The number of benzene rings is 2. The van der Waals surface area contributed by atoms with Gasteiger partial charge in [-0.1, -0.05) is 53.0 Å². The number of hydrogen-bond donors (Lipinski definition) is 1. The van der Waals surface area contributed by atoms with Gasteiger partial charge in [-0.15, -0.1) is 0 Å². The van der Waals surface area contributed by atoms with Crippen LogP contribution in [0.5, 0.6) is 5.75 Å². The first kappa shape index (κ1) is 19.7. The second-order valence-electron chi connectivity index (χ2n) is 7.42. The molecule has 1 aliphatic carbocycles. The summed E-state index contributed by atoms with van der Waals surface area (Å²) in [5.41, 5.74) is 1.45. The predicted octanol–water partition coefficient (Wildman–Crippen LogP) is 4.82. The summed E-state index contributed by atoms with van der Waals surface area (Å²) in [7, 11) is 1.59. The second kappa shape index (κ2) is 8.03. The number of carbonyl (C=O) groups is 2. The Bertz CT molecular complexity index is 959. The molecule has 1 atom stereocenters. The van der Waals surface area contributed by atoms with E-state index in [1.54, 1.807) is 36.3 Å². The Labute approximate surface area is 178 Å². The predicted molar refractivity (Wildman–Crippen MR) is 114 cm³/mol. The summed E-state index contributed by atoms with van der Waals surface area (Å²) in [6, 6.07) is 13.8. The van der Waals surface area contributed by atoms with Crippen LogP contribution in [0.15, 0.2) is 58.6 Å². The zero-order chi connectivity index (χ0) is 20.5. The Hall–Kier alpha value is -2.60. The van der Waals surface area contributed by atoms with E-state index in [4.69, 9.17) is 4.74 Å². The number of aliphatic hydroxyl groups is 1. The van der Waals surface area contributed by atoms with Crippen LogP contribution in [-0.2, 0) is 9.59 Å². The van der Waals surface area contributed by atoms with Crippen molar-refractivity contribution in [3.8, 4) is 5.75 Å². The third kappa shape index (κ3) is 3.57. The molecule has 2 aliphatic rings. The van der Waals surface area contributed by atoms with Gasteiger partial charge in [0, 0.05) is 16.1 Å². The minimum Gasteiger partial charge on any atom is -0.507 e. The minimum atomic E-state index is -0.627. The average molecular weight is 456 g/mol. The van der Waals surface area contributed by atoms with Crippen molar-refractivity contribution >= 4 is 33.4 Å². The third-order valence-electron chi connectivity index (χ3n) is 5.75. The third-order valence-corrected chi connectivity index (χ3v) is 6.28. The number of ether oxygens (including phenoxy) is 1. The molecule has 1 saturated carbocycles. The maximum atomic E-state index is 13.0. The molecule has 4 rings (SSSR count). The van der Waals surface area contributed by atoms with Crippen LogP contribution in [0.25, 0.3) is 5.76 Å². The van der Waals surface area contributed by atoms with E-state index in [1.807, 2.05) is 24.3 Å². The van der Waals surface area contributed by atoms with Crippen molar-refractivity contribution in [2.45, 2.75) is 37.8 Å². The van der Waals surface area contributed by atoms with E-state index in [0.717, 1.165) is 35.7 Å². The summed E-state index contributed by atoms with van der Waals surface area (Å²) >= 11 is 3.38. The second-order valence-corrected chi connectivity index (χ2v) is 8.34. The SMILES string of the molecule is COc1ccc(C2/C(=C(/O)c3ccc(Br)cc3)C(=O)C(=O)N2C2CCCC2)cc1. The van der Waals surface area contributed by atoms with Crippen LogP contribution in [0.1, 0.15) is 42.9 Å². The Kier molecular flexibility index (Phi) is 5.46. The number of aliphatic hydroxyl groups excluding tert-OH is 1. The number of halogens is 1. The Morgan fingerprint density at radius 3 is 2.24 bits per heavy atom. The van der Waals surface area contributed by atoms with Gasteiger partial charge in [0.2, 0.25) is 0 Å². The normalized spacial score (nSPS) is 21.7. The van der Waals surface area contributed by atoms with E-state index in [0.29, 0.717) is 11.3 Å². The van der Waals surface area contributed by atoms with Crippen LogP contribution in [-0.4, -0.2) is 34.8 Å². The van der Waals surface area contributed by atoms with E-state index in [-0.39, 0.29) is 17.4 Å². The number of amides is 1. The van der Waals surface area contributed by atoms with Gasteiger partial charge in [0.25, 0.3) is 11.7 Å². The summed E-state index contributed by atoms with van der Waals surface area (Å²) < 4.78 is 6.11. The highest BCUT2D eigenvalue weighted by Crippen LogP contribution is 2.43. The molecule has 1 aliphatic heterocycles. The fourth-order valence-electron chi connectivity index (χ4n) is 4.29. The highest BCUT2D eigenvalue weighted by molar-refractivity contribution is 9.10. The lowest BCUT2D eigenvalue weighted by atomic mass is 9.94. The number of rotatable bonds is 4. The van der Waals surface area contributed by atoms with Crippen LogP contribution in [0, 0.1) is 0 Å². The largest absolute Gasteiger partial charge is 0.507 e. The first-order valence-corrected chi connectivity index (χ1v) is 10.5. The highest BCUT2D eigenvalue weighted by atomic mass is 79.9. The van der Waals surface area contributed by atoms with Crippen molar-refractivity contribution in [3.05, 3.63) is 69.7 Å². The number of nitrogens with zero attached hydrogens (tertiary/aromatic N) is 1. The average Bonchev–Trinajstić information content (AvgIpc) is 3.35. The van der Waals surface area contributed by atoms with Crippen molar-refractivity contribution in [1.29, 1.82) is 0 Å². The van der Waals surface area contributed by atoms with Crippen molar-refractivity contribution in [3.63, 3.8) is 0 Å². The Morgan fingerprint density at radius 2 is 1.66 bits per heavy atom. The number of methoxy groups -OCH3 is 1. The van der Waals surface area contributed by atoms with Crippen LogP contribution in [0.4, 0.5) is 0 Å². The lowest BCUT2D eigenvalue weighted by molar-refractivity contribution is -0.141. The first-order chi connectivity index (χ1) is 14.0. The molecule has 1 N–H and O–H groups in total. The van der Waals surface area contributed by atoms with Gasteiger partial charge in [0.15, 0.2) is 0 Å². The monoisotopic (exact) mass is 455 g/mol. The van der Waals surface area contributed by atoms with Crippen LogP contribution in [0.3, 0.4) is 0 Å². The van der Waals surface area contributed by atoms with Gasteiger partial charge in [0.05, 0.1) is 18.7 Å². The summed E-state index contributed by atoms with van der Waals surface area (Å²) in [6.45, 7) is 0. The molecule has 0 radical (unpaired) electrons. The zero-order valence-corrected chi connectivity index (χ0v) is 17.7. The quantitative estimate of drug-likeness (QED) is 0.407. The van der Waals surface area contributed by atoms with Crippen molar-refractivity contribution < 1.29 is 19.4 Å². The lowest BCUT2D eigenvalue weighted by Crippen LogP contribution is -2.37. The molecular formula is C23H22BrNO4. The molecule has 5 nitrogen and oxygen atoms in total. The van der Waals surface area contributed by atoms with E-state index in [1.165, 1.54) is 0 Å². The molecule has 0 spiro atoms.